The Hall–Kier alpha value is -1.24. The maximum atomic E-state index is 6.27. The minimum absolute atomic E-state index is 0.531. The average molecular weight is 264 g/mol. The second-order valence-corrected chi connectivity index (χ2v) is 4.93. The van der Waals surface area contributed by atoms with Gasteiger partial charge < -0.3 is 10.2 Å². The molecule has 96 valence electrons. The molecule has 0 aromatic carbocycles. The Bertz CT molecular complexity index is 449. The van der Waals surface area contributed by atoms with E-state index in [2.05, 4.69) is 16.2 Å². The summed E-state index contributed by atoms with van der Waals surface area (Å²) in [6.45, 7) is 4.20. The third-order valence-electron chi connectivity index (χ3n) is 3.01. The summed E-state index contributed by atoms with van der Waals surface area (Å²) in [5.74, 6) is 3.39. The van der Waals surface area contributed by atoms with Gasteiger partial charge in [0.25, 0.3) is 0 Å². The Labute approximate surface area is 114 Å². The minimum atomic E-state index is 0.531. The van der Waals surface area contributed by atoms with Crippen molar-refractivity contribution in [3.63, 3.8) is 0 Å². The van der Waals surface area contributed by atoms with Crippen LogP contribution >= 0.6 is 11.6 Å². The molecule has 18 heavy (non-hydrogen) atoms. The zero-order valence-corrected chi connectivity index (χ0v) is 11.4. The van der Waals surface area contributed by atoms with E-state index in [0.717, 1.165) is 24.5 Å². The van der Waals surface area contributed by atoms with Gasteiger partial charge in [-0.2, -0.15) is 0 Å². The lowest BCUT2D eigenvalue weighted by atomic mass is 10.2. The van der Waals surface area contributed by atoms with Gasteiger partial charge in [-0.15, -0.1) is 6.42 Å². The zero-order valence-electron chi connectivity index (χ0n) is 10.6. The van der Waals surface area contributed by atoms with Crippen LogP contribution in [0, 0.1) is 12.3 Å². The lowest BCUT2D eigenvalue weighted by Crippen LogP contribution is -2.24. The molecule has 0 saturated heterocycles. The van der Waals surface area contributed by atoms with Crippen LogP contribution in [0.5, 0.6) is 0 Å². The van der Waals surface area contributed by atoms with Gasteiger partial charge in [0.05, 0.1) is 11.6 Å². The van der Waals surface area contributed by atoms with Gasteiger partial charge in [-0.1, -0.05) is 17.5 Å². The number of terminal acetylenes is 1. The van der Waals surface area contributed by atoms with E-state index in [-0.39, 0.29) is 0 Å². The van der Waals surface area contributed by atoms with E-state index in [9.17, 15) is 0 Å². The van der Waals surface area contributed by atoms with Crippen molar-refractivity contribution in [3.05, 3.63) is 22.8 Å². The van der Waals surface area contributed by atoms with Gasteiger partial charge in [-0.3, -0.25) is 0 Å². The van der Waals surface area contributed by atoms with Gasteiger partial charge in [-0.05, 0) is 31.4 Å². The first-order valence-electron chi connectivity index (χ1n) is 6.30. The fraction of sp³-hybridized carbons (Fsp3) is 0.500. The van der Waals surface area contributed by atoms with Crippen molar-refractivity contribution in [1.82, 2.24) is 10.3 Å². The van der Waals surface area contributed by atoms with Crippen molar-refractivity contribution in [3.8, 4) is 12.3 Å². The molecule has 1 saturated carbocycles. The van der Waals surface area contributed by atoms with Crippen LogP contribution < -0.4 is 10.2 Å². The second-order valence-electron chi connectivity index (χ2n) is 4.52. The van der Waals surface area contributed by atoms with Crippen molar-refractivity contribution in [2.24, 2.45) is 0 Å². The van der Waals surface area contributed by atoms with E-state index in [1.807, 2.05) is 24.1 Å². The first kappa shape index (κ1) is 13.2. The van der Waals surface area contributed by atoms with Crippen LogP contribution in [-0.2, 0) is 6.54 Å². The topological polar surface area (TPSA) is 28.2 Å². The van der Waals surface area contributed by atoms with Gasteiger partial charge in [0, 0.05) is 25.3 Å². The van der Waals surface area contributed by atoms with E-state index in [1.165, 1.54) is 12.8 Å². The highest BCUT2D eigenvalue weighted by Crippen LogP contribution is 2.24. The highest BCUT2D eigenvalue weighted by atomic mass is 35.5. The first-order chi connectivity index (χ1) is 8.74. The molecule has 0 atom stereocenters. The summed E-state index contributed by atoms with van der Waals surface area (Å²) in [6.07, 6.45) is 9.77. The predicted octanol–water partition coefficient (Wildman–Crippen LogP) is 2.45. The fourth-order valence-corrected chi connectivity index (χ4v) is 2.10. The first-order valence-corrected chi connectivity index (χ1v) is 6.68. The summed E-state index contributed by atoms with van der Waals surface area (Å²) in [5.41, 5.74) is 1.12. The van der Waals surface area contributed by atoms with E-state index in [1.54, 1.807) is 0 Å². The minimum Gasteiger partial charge on any atom is -0.345 e. The molecule has 2 rings (SSSR count). The number of halogens is 1. The van der Waals surface area contributed by atoms with Gasteiger partial charge in [0.2, 0.25) is 0 Å². The normalized spacial score (nSPS) is 14.3. The summed E-state index contributed by atoms with van der Waals surface area (Å²) in [4.78, 5) is 6.41. The van der Waals surface area contributed by atoms with Crippen LogP contribution in [0.1, 0.15) is 25.3 Å². The zero-order chi connectivity index (χ0) is 13.0. The summed E-state index contributed by atoms with van der Waals surface area (Å²) in [6, 6.07) is 2.66. The largest absolute Gasteiger partial charge is 0.345 e. The maximum Gasteiger partial charge on any atom is 0.148 e. The van der Waals surface area contributed by atoms with Crippen molar-refractivity contribution in [1.29, 1.82) is 0 Å². The van der Waals surface area contributed by atoms with Crippen LogP contribution in [0.4, 0.5) is 5.82 Å². The maximum absolute atomic E-state index is 6.27. The van der Waals surface area contributed by atoms with Crippen LogP contribution in [-0.4, -0.2) is 24.1 Å². The van der Waals surface area contributed by atoms with Crippen LogP contribution in [0.2, 0.25) is 5.02 Å². The molecule has 1 aromatic heterocycles. The molecular weight excluding hydrogens is 246 g/mol. The number of hydrogen-bond acceptors (Lipinski definition) is 3. The SMILES string of the molecule is C#CCN(CC)c1ncc(CNC2CC2)cc1Cl. The van der Waals surface area contributed by atoms with Gasteiger partial charge in [0.1, 0.15) is 5.82 Å². The lowest BCUT2D eigenvalue weighted by molar-refractivity contribution is 0.685. The van der Waals surface area contributed by atoms with Gasteiger partial charge in [-0.25, -0.2) is 4.98 Å². The third kappa shape index (κ3) is 3.38. The molecular formula is C14H18ClN3. The van der Waals surface area contributed by atoms with Crippen molar-refractivity contribution >= 4 is 17.4 Å². The van der Waals surface area contributed by atoms with Crippen LogP contribution in [0.25, 0.3) is 0 Å². The second kappa shape index (κ2) is 6.08. The summed E-state index contributed by atoms with van der Waals surface area (Å²) >= 11 is 6.27. The van der Waals surface area contributed by atoms with Crippen molar-refractivity contribution < 1.29 is 0 Å². The molecule has 0 bridgehead atoms. The van der Waals surface area contributed by atoms with E-state index >= 15 is 0 Å². The summed E-state index contributed by atoms with van der Waals surface area (Å²) in [7, 11) is 0. The van der Waals surface area contributed by atoms with Crippen LogP contribution in [0.15, 0.2) is 12.3 Å². The molecule has 1 aromatic rings. The van der Waals surface area contributed by atoms with E-state index in [4.69, 9.17) is 18.0 Å². The van der Waals surface area contributed by atoms with E-state index < -0.39 is 0 Å². The average Bonchev–Trinajstić information content (AvgIpc) is 3.18. The number of rotatable bonds is 6. The monoisotopic (exact) mass is 263 g/mol. The molecule has 4 heteroatoms. The molecule has 1 aliphatic carbocycles. The Balaban J connectivity index is 2.05. The molecule has 3 nitrogen and oxygen atoms in total. The predicted molar refractivity (Wildman–Crippen MR) is 75.8 cm³/mol. The Kier molecular flexibility index (Phi) is 4.46. The quantitative estimate of drug-likeness (QED) is 0.799. The van der Waals surface area contributed by atoms with Gasteiger partial charge >= 0.3 is 0 Å². The number of aromatic nitrogens is 1. The number of hydrogen-bond donors (Lipinski definition) is 1. The fourth-order valence-electron chi connectivity index (χ4n) is 1.80. The summed E-state index contributed by atoms with van der Waals surface area (Å²) < 4.78 is 0. The Morgan fingerprint density at radius 3 is 2.94 bits per heavy atom. The smallest absolute Gasteiger partial charge is 0.148 e. The number of pyridine rings is 1. The molecule has 1 heterocycles. The highest BCUT2D eigenvalue weighted by Gasteiger charge is 2.20. The number of nitrogens with one attached hydrogen (secondary N) is 1. The molecule has 0 amide bonds. The van der Waals surface area contributed by atoms with E-state index in [0.29, 0.717) is 17.6 Å². The van der Waals surface area contributed by atoms with Crippen LogP contribution in [0.3, 0.4) is 0 Å². The summed E-state index contributed by atoms with van der Waals surface area (Å²) in [5, 5.41) is 4.11. The van der Waals surface area contributed by atoms with Crippen molar-refractivity contribution in [2.45, 2.75) is 32.4 Å². The molecule has 0 unspecified atom stereocenters. The lowest BCUT2D eigenvalue weighted by Gasteiger charge is -2.20. The molecule has 0 radical (unpaired) electrons. The Morgan fingerprint density at radius 1 is 1.61 bits per heavy atom. The molecule has 0 aliphatic heterocycles. The molecule has 1 aliphatic rings. The van der Waals surface area contributed by atoms with Crippen molar-refractivity contribution in [2.75, 3.05) is 18.0 Å². The molecule has 0 spiro atoms. The highest BCUT2D eigenvalue weighted by molar-refractivity contribution is 6.33. The third-order valence-corrected chi connectivity index (χ3v) is 3.29. The molecule has 1 fully saturated rings. The standard InChI is InChI=1S/C14H18ClN3/c1-3-7-18(4-2)14-13(15)8-11(10-17-14)9-16-12-5-6-12/h1,8,10,12,16H,4-7,9H2,2H3. The van der Waals surface area contributed by atoms with Gasteiger partial charge in [0.15, 0.2) is 0 Å². The Morgan fingerprint density at radius 2 is 2.39 bits per heavy atom. The molecule has 1 N–H and O–H groups in total. The number of nitrogens with zero attached hydrogens (tertiary/aromatic N) is 2. The number of anilines is 1.